The van der Waals surface area contributed by atoms with Crippen LogP contribution in [-0.4, -0.2) is 88.9 Å². The van der Waals surface area contributed by atoms with E-state index in [9.17, 15) is 33.6 Å². The zero-order valence-electron chi connectivity index (χ0n) is 19.4. The van der Waals surface area contributed by atoms with Gasteiger partial charge in [-0.25, -0.2) is 4.79 Å². The maximum Gasteiger partial charge on any atom is 0.343 e. The molecule has 5 atom stereocenters. The third kappa shape index (κ3) is 8.20. The van der Waals surface area contributed by atoms with Gasteiger partial charge >= 0.3 is 29.8 Å². The Labute approximate surface area is 203 Å². The molecule has 0 aromatic carbocycles. The molecule has 2 amide bonds. The molecule has 0 bridgehead atoms. The number of thioether (sulfide) groups is 1. The second kappa shape index (κ2) is 12.5. The van der Waals surface area contributed by atoms with Gasteiger partial charge < -0.3 is 28.5 Å². The van der Waals surface area contributed by atoms with Crippen molar-refractivity contribution in [3.8, 4) is 0 Å². The maximum absolute atomic E-state index is 12.3. The molecule has 0 aromatic rings. The van der Waals surface area contributed by atoms with Crippen molar-refractivity contribution >= 4 is 53.4 Å². The summed E-state index contributed by atoms with van der Waals surface area (Å²) in [7, 11) is 0. The average molecular weight is 519 g/mol. The van der Waals surface area contributed by atoms with E-state index in [1.807, 2.05) is 0 Å². The highest BCUT2D eigenvalue weighted by Gasteiger charge is 2.52. The van der Waals surface area contributed by atoms with Crippen LogP contribution in [0.5, 0.6) is 0 Å². The summed E-state index contributed by atoms with van der Waals surface area (Å²) >= 11 is 0.736. The van der Waals surface area contributed by atoms with E-state index in [1.54, 1.807) is 0 Å². The van der Waals surface area contributed by atoms with Gasteiger partial charge in [-0.15, -0.1) is 16.8 Å². The summed E-state index contributed by atoms with van der Waals surface area (Å²) in [6.07, 6.45) is -5.41. The highest BCUT2D eigenvalue weighted by molar-refractivity contribution is 8.00. The number of rotatable bonds is 9. The summed E-state index contributed by atoms with van der Waals surface area (Å²) in [6, 6.07) is 0. The third-order valence-electron chi connectivity index (χ3n) is 4.51. The van der Waals surface area contributed by atoms with Crippen molar-refractivity contribution in [2.75, 3.05) is 12.4 Å². The minimum atomic E-state index is -1.38. The van der Waals surface area contributed by atoms with E-state index in [1.165, 1.54) is 0 Å². The van der Waals surface area contributed by atoms with Gasteiger partial charge in [0.25, 0.3) is 11.8 Å². The van der Waals surface area contributed by atoms with Gasteiger partial charge in [-0.1, -0.05) is 0 Å². The van der Waals surface area contributed by atoms with Crippen molar-refractivity contribution in [2.24, 2.45) is 0 Å². The van der Waals surface area contributed by atoms with Gasteiger partial charge in [-0.3, -0.25) is 28.8 Å². The largest absolute Gasteiger partial charge is 0.463 e. The van der Waals surface area contributed by atoms with Gasteiger partial charge in [0.2, 0.25) is 0 Å². The maximum atomic E-state index is 12.3. The molecular formula is C20H25NO13S. The minimum absolute atomic E-state index is 0.0844. The van der Waals surface area contributed by atoms with Crippen molar-refractivity contribution in [2.45, 2.75) is 70.4 Å². The number of amides is 2. The van der Waals surface area contributed by atoms with Crippen LogP contribution in [0.2, 0.25) is 0 Å². The normalized spacial score (nSPS) is 26.1. The summed E-state index contributed by atoms with van der Waals surface area (Å²) in [4.78, 5) is 87.0. The standard InChI is InChI=1S/C20H25NO13S/c1-9(22)29-7-13-17(30-10(2)23)18(31-11(3)24)19(32-12(4)25)20(33-13)35-8-16(28)34-21-14(26)5-6-15(21)27/h13,17-20H,5-8H2,1-4H3/t13-,17-,18+,19+,20-/m1/s1. The van der Waals surface area contributed by atoms with Crippen molar-refractivity contribution in [3.05, 3.63) is 0 Å². The molecule has 14 nitrogen and oxygen atoms in total. The lowest BCUT2D eigenvalue weighted by molar-refractivity contribution is -0.237. The van der Waals surface area contributed by atoms with Crippen LogP contribution in [0.1, 0.15) is 40.5 Å². The smallest absolute Gasteiger partial charge is 0.343 e. The molecule has 0 radical (unpaired) electrons. The van der Waals surface area contributed by atoms with Crippen LogP contribution in [0.3, 0.4) is 0 Å². The first-order chi connectivity index (χ1) is 16.4. The summed E-state index contributed by atoms with van der Waals surface area (Å²) in [5.41, 5.74) is -1.20. The molecule has 0 aromatic heterocycles. The predicted molar refractivity (Wildman–Crippen MR) is 112 cm³/mol. The molecule has 0 aliphatic carbocycles. The monoisotopic (exact) mass is 519 g/mol. The van der Waals surface area contributed by atoms with Crippen molar-refractivity contribution in [1.82, 2.24) is 5.06 Å². The number of carbonyl (C=O) groups is 7. The summed E-state index contributed by atoms with van der Waals surface area (Å²) < 4.78 is 26.6. The number of hydrogen-bond acceptors (Lipinski definition) is 14. The van der Waals surface area contributed by atoms with Gasteiger partial charge in [0.1, 0.15) is 18.1 Å². The van der Waals surface area contributed by atoms with E-state index >= 15 is 0 Å². The zero-order valence-corrected chi connectivity index (χ0v) is 20.2. The number of hydroxylamine groups is 2. The fourth-order valence-corrected chi connectivity index (χ4v) is 4.23. The molecule has 15 heteroatoms. The number of ether oxygens (including phenoxy) is 5. The van der Waals surface area contributed by atoms with E-state index < -0.39 is 83.9 Å². The Morgan fingerprint density at radius 1 is 0.829 bits per heavy atom. The highest BCUT2D eigenvalue weighted by atomic mass is 32.2. The molecule has 0 unspecified atom stereocenters. The number of imide groups is 1. The molecule has 2 aliphatic heterocycles. The van der Waals surface area contributed by atoms with Crippen LogP contribution in [0.15, 0.2) is 0 Å². The molecule has 2 fully saturated rings. The Morgan fingerprint density at radius 3 is 1.86 bits per heavy atom. The van der Waals surface area contributed by atoms with Crippen LogP contribution in [0.25, 0.3) is 0 Å². The lowest BCUT2D eigenvalue weighted by Gasteiger charge is -2.44. The topological polar surface area (TPSA) is 178 Å². The molecular weight excluding hydrogens is 494 g/mol. The minimum Gasteiger partial charge on any atom is -0.463 e. The molecule has 194 valence electrons. The summed E-state index contributed by atoms with van der Waals surface area (Å²) in [5, 5.41) is 0.371. The zero-order chi connectivity index (χ0) is 26.3. The molecule has 35 heavy (non-hydrogen) atoms. The molecule has 0 N–H and O–H groups in total. The number of nitrogens with zero attached hydrogens (tertiary/aromatic N) is 1. The number of hydrogen-bond donors (Lipinski definition) is 0. The van der Waals surface area contributed by atoms with Crippen LogP contribution < -0.4 is 0 Å². The first-order valence-corrected chi connectivity index (χ1v) is 11.4. The van der Waals surface area contributed by atoms with E-state index in [2.05, 4.69) is 0 Å². The second-order valence-corrected chi connectivity index (χ2v) is 8.51. The Kier molecular flexibility index (Phi) is 10.0. The van der Waals surface area contributed by atoms with Crippen LogP contribution in [-0.2, 0) is 62.1 Å². The predicted octanol–water partition coefficient (Wildman–Crippen LogP) is -0.590. The molecule has 0 spiro atoms. The van der Waals surface area contributed by atoms with Gasteiger partial charge in [-0.2, -0.15) is 0 Å². The third-order valence-corrected chi connectivity index (χ3v) is 5.62. The molecule has 2 heterocycles. The van der Waals surface area contributed by atoms with Gasteiger partial charge in [0, 0.05) is 40.5 Å². The highest BCUT2D eigenvalue weighted by Crippen LogP contribution is 2.34. The first-order valence-electron chi connectivity index (χ1n) is 10.4. The number of esters is 4. The molecule has 2 saturated heterocycles. The lowest BCUT2D eigenvalue weighted by atomic mass is 9.99. The van der Waals surface area contributed by atoms with E-state index in [0.717, 1.165) is 39.5 Å². The molecule has 2 rings (SSSR count). The fourth-order valence-electron chi connectivity index (χ4n) is 3.26. The van der Waals surface area contributed by atoms with Crippen LogP contribution >= 0.6 is 11.8 Å². The van der Waals surface area contributed by atoms with Crippen LogP contribution in [0, 0.1) is 0 Å². The summed E-state index contributed by atoms with van der Waals surface area (Å²) in [5.74, 6) is -5.84. The Balaban J connectivity index is 2.26. The van der Waals surface area contributed by atoms with Gasteiger partial charge in [0.15, 0.2) is 18.3 Å². The SMILES string of the molecule is CC(=O)OC[C@H]1O[C@H](SCC(=O)ON2C(=O)CCC2=O)[C@@H](OC(C)=O)[C@@H](OC(C)=O)[C@@H]1OC(C)=O. The van der Waals surface area contributed by atoms with E-state index in [0.29, 0.717) is 5.06 Å². The fraction of sp³-hybridized carbons (Fsp3) is 0.650. The Hall–Kier alpha value is -3.20. The Bertz CT molecular complexity index is 874. The average Bonchev–Trinajstić information content (AvgIpc) is 3.05. The van der Waals surface area contributed by atoms with Crippen molar-refractivity contribution in [1.29, 1.82) is 0 Å². The molecule has 2 aliphatic rings. The quantitative estimate of drug-likeness (QED) is 0.214. The molecule has 0 saturated carbocycles. The Morgan fingerprint density at radius 2 is 1.34 bits per heavy atom. The van der Waals surface area contributed by atoms with Gasteiger partial charge in [-0.05, 0) is 0 Å². The summed E-state index contributed by atoms with van der Waals surface area (Å²) in [6.45, 7) is 3.97. The van der Waals surface area contributed by atoms with Crippen molar-refractivity contribution < 1.29 is 62.1 Å². The number of carbonyl (C=O) groups excluding carboxylic acids is 7. The van der Waals surface area contributed by atoms with Crippen LogP contribution in [0.4, 0.5) is 0 Å². The lowest BCUT2D eigenvalue weighted by Crippen LogP contribution is -2.61. The van der Waals surface area contributed by atoms with Crippen molar-refractivity contribution in [3.63, 3.8) is 0 Å². The second-order valence-electron chi connectivity index (χ2n) is 7.42. The first kappa shape index (κ1) is 28.0. The van der Waals surface area contributed by atoms with E-state index in [4.69, 9.17) is 28.5 Å². The van der Waals surface area contributed by atoms with E-state index in [-0.39, 0.29) is 12.8 Å². The van der Waals surface area contributed by atoms with Gasteiger partial charge in [0.05, 0.1) is 5.75 Å².